The van der Waals surface area contributed by atoms with E-state index >= 15 is 0 Å². The second-order valence-corrected chi connectivity index (χ2v) is 12.1. The number of aromatic nitrogens is 1. The fraction of sp³-hybridized carbons (Fsp3) is 0.184. The predicted molar refractivity (Wildman–Crippen MR) is 191 cm³/mol. The third-order valence-corrected chi connectivity index (χ3v) is 9.13. The number of hydrogen-bond donors (Lipinski definition) is 0. The summed E-state index contributed by atoms with van der Waals surface area (Å²) in [5.74, 6) is 1.10. The smallest absolute Gasteiger partial charge is 0.338 e. The van der Waals surface area contributed by atoms with Crippen LogP contribution in [-0.2, 0) is 16.1 Å². The minimum absolute atomic E-state index is 0.0278. The van der Waals surface area contributed by atoms with Crippen molar-refractivity contribution in [2.45, 2.75) is 19.6 Å². The Bertz CT molecular complexity index is 2310. The molecule has 1 atom stereocenters. The third-order valence-electron chi connectivity index (χ3n) is 8.14. The highest BCUT2D eigenvalue weighted by molar-refractivity contribution is 7.07. The number of esters is 1. The third kappa shape index (κ3) is 6.96. The monoisotopic (exact) mass is 707 g/mol. The molecular formula is C38H33N3O9S. The van der Waals surface area contributed by atoms with E-state index in [1.54, 1.807) is 61.5 Å². The Kier molecular flexibility index (Phi) is 10.3. The second kappa shape index (κ2) is 15.1. The fourth-order valence-corrected chi connectivity index (χ4v) is 6.74. The first-order valence-corrected chi connectivity index (χ1v) is 16.6. The van der Waals surface area contributed by atoms with Crippen molar-refractivity contribution in [1.29, 1.82) is 0 Å². The molecule has 5 aromatic rings. The van der Waals surface area contributed by atoms with E-state index in [-0.39, 0.29) is 24.5 Å². The molecule has 1 aliphatic rings. The number of thiazole rings is 1. The molecule has 0 amide bonds. The molecule has 0 aliphatic carbocycles. The maximum Gasteiger partial charge on any atom is 0.338 e. The van der Waals surface area contributed by atoms with Gasteiger partial charge in [0.05, 0.1) is 54.7 Å². The molecule has 1 aliphatic heterocycles. The van der Waals surface area contributed by atoms with Crippen LogP contribution in [0.3, 0.4) is 0 Å². The van der Waals surface area contributed by atoms with Crippen LogP contribution in [0.4, 0.5) is 5.69 Å². The van der Waals surface area contributed by atoms with Crippen molar-refractivity contribution in [2.24, 2.45) is 4.99 Å². The number of hydrogen-bond acceptors (Lipinski definition) is 11. The first kappa shape index (κ1) is 34.6. The average Bonchev–Trinajstić information content (AvgIpc) is 3.47. The zero-order valence-electron chi connectivity index (χ0n) is 28.2. The molecule has 1 aromatic heterocycles. The number of non-ortho nitro benzene ring substituents is 1. The Balaban J connectivity index is 1.54. The standard InChI is InChI=1S/C38H33N3O9S/c1-5-49-37(43)32-33(24-10-7-6-8-11-24)39-38-40(34(32)25-16-19-28(46-2)30(20-25)48-4)36(42)31(51-38)21-26-12-9-13-29(47-3)35(26)50-22-23-14-17-27(18-15-23)41(44)45/h6-21,34H,5,22H2,1-4H3/b31-21-/t34-/m1/s1. The quantitative estimate of drug-likeness (QED) is 0.0941. The van der Waals surface area contributed by atoms with Gasteiger partial charge in [-0.15, -0.1) is 0 Å². The van der Waals surface area contributed by atoms with Crippen LogP contribution < -0.4 is 33.8 Å². The number of nitro groups is 1. The molecule has 2 heterocycles. The van der Waals surface area contributed by atoms with Gasteiger partial charge in [0.25, 0.3) is 11.2 Å². The molecule has 4 aromatic carbocycles. The van der Waals surface area contributed by atoms with Gasteiger partial charge in [-0.1, -0.05) is 59.9 Å². The molecular weight excluding hydrogens is 674 g/mol. The summed E-state index contributed by atoms with van der Waals surface area (Å²) in [5, 5.41) is 11.1. The normalized spacial score (nSPS) is 14.0. The lowest BCUT2D eigenvalue weighted by molar-refractivity contribution is -0.384. The summed E-state index contributed by atoms with van der Waals surface area (Å²) in [6.07, 6.45) is 1.69. The summed E-state index contributed by atoms with van der Waals surface area (Å²) in [5.41, 5.74) is 2.68. The van der Waals surface area contributed by atoms with Crippen molar-refractivity contribution in [3.05, 3.63) is 149 Å². The number of carbonyl (C=O) groups excluding carboxylic acids is 1. The fourth-order valence-electron chi connectivity index (χ4n) is 5.75. The van der Waals surface area contributed by atoms with E-state index in [1.165, 1.54) is 49.4 Å². The number of rotatable bonds is 12. The van der Waals surface area contributed by atoms with Crippen LogP contribution in [0.5, 0.6) is 23.0 Å². The van der Waals surface area contributed by atoms with Crippen LogP contribution in [0.2, 0.25) is 0 Å². The summed E-state index contributed by atoms with van der Waals surface area (Å²) >= 11 is 1.17. The Labute approximate surface area is 296 Å². The van der Waals surface area contributed by atoms with Crippen LogP contribution in [0.15, 0.2) is 106 Å². The van der Waals surface area contributed by atoms with Crippen LogP contribution in [-0.4, -0.2) is 43.4 Å². The lowest BCUT2D eigenvalue weighted by atomic mass is 9.93. The van der Waals surface area contributed by atoms with Crippen molar-refractivity contribution < 1.29 is 33.4 Å². The van der Waals surface area contributed by atoms with Crippen LogP contribution >= 0.6 is 11.3 Å². The van der Waals surface area contributed by atoms with Gasteiger partial charge in [0.2, 0.25) is 0 Å². The summed E-state index contributed by atoms with van der Waals surface area (Å²) in [7, 11) is 4.55. The predicted octanol–water partition coefficient (Wildman–Crippen LogP) is 5.45. The topological polar surface area (TPSA) is 141 Å². The second-order valence-electron chi connectivity index (χ2n) is 11.1. The summed E-state index contributed by atoms with van der Waals surface area (Å²) in [4.78, 5) is 44.3. The van der Waals surface area contributed by atoms with E-state index < -0.39 is 22.5 Å². The highest BCUT2D eigenvalue weighted by Gasteiger charge is 2.35. The Morgan fingerprint density at radius 2 is 1.65 bits per heavy atom. The van der Waals surface area contributed by atoms with Crippen molar-refractivity contribution in [1.82, 2.24) is 4.57 Å². The zero-order chi connectivity index (χ0) is 36.1. The molecule has 0 unspecified atom stereocenters. The van der Waals surface area contributed by atoms with E-state index in [2.05, 4.69) is 0 Å². The van der Waals surface area contributed by atoms with Gasteiger partial charge in [-0.05, 0) is 54.5 Å². The summed E-state index contributed by atoms with van der Waals surface area (Å²) in [6.45, 7) is 1.92. The van der Waals surface area contributed by atoms with E-state index in [0.29, 0.717) is 60.3 Å². The molecule has 0 saturated heterocycles. The minimum atomic E-state index is -0.930. The average molecular weight is 708 g/mol. The number of para-hydroxylation sites is 1. The number of fused-ring (bicyclic) bond motifs is 1. The largest absolute Gasteiger partial charge is 0.493 e. The van der Waals surface area contributed by atoms with Gasteiger partial charge in [0, 0.05) is 23.3 Å². The molecule has 260 valence electrons. The molecule has 0 saturated carbocycles. The Morgan fingerprint density at radius 1 is 0.922 bits per heavy atom. The number of carbonyl (C=O) groups is 1. The van der Waals surface area contributed by atoms with Crippen molar-refractivity contribution >= 4 is 34.8 Å². The first-order chi connectivity index (χ1) is 24.8. The molecule has 6 rings (SSSR count). The molecule has 0 fully saturated rings. The highest BCUT2D eigenvalue weighted by atomic mass is 32.1. The van der Waals surface area contributed by atoms with E-state index in [9.17, 15) is 19.7 Å². The number of methoxy groups -OCH3 is 3. The lowest BCUT2D eigenvalue weighted by Gasteiger charge is -2.26. The van der Waals surface area contributed by atoms with Crippen molar-refractivity contribution in [3.63, 3.8) is 0 Å². The minimum Gasteiger partial charge on any atom is -0.493 e. The number of nitrogens with zero attached hydrogens (tertiary/aromatic N) is 3. The lowest BCUT2D eigenvalue weighted by Crippen LogP contribution is -2.40. The van der Waals surface area contributed by atoms with Gasteiger partial charge < -0.3 is 23.7 Å². The molecule has 12 nitrogen and oxygen atoms in total. The van der Waals surface area contributed by atoms with Gasteiger partial charge in [-0.25, -0.2) is 9.79 Å². The molecule has 0 radical (unpaired) electrons. The van der Waals surface area contributed by atoms with Gasteiger partial charge in [-0.3, -0.25) is 19.5 Å². The Hall–Kier alpha value is -6.21. The summed E-state index contributed by atoms with van der Waals surface area (Å²) in [6, 6.07) is 24.9. The number of benzene rings is 4. The first-order valence-electron chi connectivity index (χ1n) is 15.8. The van der Waals surface area contributed by atoms with Crippen LogP contribution in [0.1, 0.15) is 35.2 Å². The van der Waals surface area contributed by atoms with E-state index in [0.717, 1.165) is 0 Å². The maximum absolute atomic E-state index is 14.5. The van der Waals surface area contributed by atoms with E-state index in [1.807, 2.05) is 30.3 Å². The van der Waals surface area contributed by atoms with Gasteiger partial charge in [0.1, 0.15) is 6.61 Å². The van der Waals surface area contributed by atoms with Gasteiger partial charge in [-0.2, -0.15) is 0 Å². The number of nitro benzene ring substituents is 1. The molecule has 0 N–H and O–H groups in total. The van der Waals surface area contributed by atoms with Gasteiger partial charge in [0.15, 0.2) is 27.8 Å². The molecule has 51 heavy (non-hydrogen) atoms. The summed E-state index contributed by atoms with van der Waals surface area (Å²) < 4.78 is 30.3. The molecule has 13 heteroatoms. The van der Waals surface area contributed by atoms with Crippen LogP contribution in [0, 0.1) is 10.1 Å². The van der Waals surface area contributed by atoms with E-state index in [4.69, 9.17) is 28.7 Å². The maximum atomic E-state index is 14.5. The Morgan fingerprint density at radius 3 is 2.31 bits per heavy atom. The number of ether oxygens (including phenoxy) is 5. The SMILES string of the molecule is CCOC(=O)C1=C(c2ccccc2)N=c2s/c(=C\c3cccc(OC)c3OCc3ccc([N+](=O)[O-])cc3)c(=O)n2[C@@H]1c1ccc(OC)c(OC)c1. The molecule has 0 spiro atoms. The molecule has 0 bridgehead atoms. The van der Waals surface area contributed by atoms with Gasteiger partial charge >= 0.3 is 5.97 Å². The van der Waals surface area contributed by atoms with Crippen molar-refractivity contribution in [3.8, 4) is 23.0 Å². The zero-order valence-corrected chi connectivity index (χ0v) is 29.0. The van der Waals surface area contributed by atoms with Crippen LogP contribution in [0.25, 0.3) is 11.8 Å². The van der Waals surface area contributed by atoms with Crippen molar-refractivity contribution in [2.75, 3.05) is 27.9 Å². The highest BCUT2D eigenvalue weighted by Crippen LogP contribution is 2.39.